The fourth-order valence-corrected chi connectivity index (χ4v) is 3.67. The van der Waals surface area contributed by atoms with E-state index in [1.807, 2.05) is 61.5 Å². The standard InChI is InChI=1S/C23H27NO5/c1-3-23(21(25)28-16-19-10-12-20(27-2)13-11-19)14-7-15-24(23)22(26)29-17-18-8-5-4-6-9-18/h4-6,8-13H,3,7,14-17H2,1-2H3. The molecular formula is C23H27NO5. The van der Waals surface area contributed by atoms with E-state index in [0.29, 0.717) is 19.4 Å². The van der Waals surface area contributed by atoms with Crippen molar-refractivity contribution in [1.29, 1.82) is 0 Å². The monoisotopic (exact) mass is 397 g/mol. The number of benzene rings is 2. The first-order valence-corrected chi connectivity index (χ1v) is 9.87. The first kappa shape index (κ1) is 20.7. The zero-order valence-corrected chi connectivity index (χ0v) is 16.9. The molecule has 1 heterocycles. The summed E-state index contributed by atoms with van der Waals surface area (Å²) in [5.41, 5.74) is 0.797. The molecule has 0 saturated carbocycles. The second kappa shape index (κ2) is 9.45. The first-order valence-electron chi connectivity index (χ1n) is 9.87. The van der Waals surface area contributed by atoms with Crippen LogP contribution in [0.2, 0.25) is 0 Å². The Morgan fingerprint density at radius 1 is 0.966 bits per heavy atom. The van der Waals surface area contributed by atoms with Crippen LogP contribution >= 0.6 is 0 Å². The highest BCUT2D eigenvalue weighted by Gasteiger charge is 2.50. The van der Waals surface area contributed by atoms with Crippen molar-refractivity contribution >= 4 is 12.1 Å². The number of hydrogen-bond donors (Lipinski definition) is 0. The van der Waals surface area contributed by atoms with Gasteiger partial charge in [0.25, 0.3) is 0 Å². The van der Waals surface area contributed by atoms with E-state index in [1.165, 1.54) is 4.90 Å². The van der Waals surface area contributed by atoms with Gasteiger partial charge in [0.05, 0.1) is 7.11 Å². The van der Waals surface area contributed by atoms with E-state index in [1.54, 1.807) is 7.11 Å². The van der Waals surface area contributed by atoms with Gasteiger partial charge >= 0.3 is 12.1 Å². The van der Waals surface area contributed by atoms with E-state index in [9.17, 15) is 9.59 Å². The third-order valence-corrected chi connectivity index (χ3v) is 5.41. The van der Waals surface area contributed by atoms with Crippen LogP contribution in [0.4, 0.5) is 4.79 Å². The van der Waals surface area contributed by atoms with Gasteiger partial charge in [0, 0.05) is 6.54 Å². The van der Waals surface area contributed by atoms with Crippen LogP contribution in [0.25, 0.3) is 0 Å². The molecule has 1 aliphatic heterocycles. The Kier molecular flexibility index (Phi) is 6.75. The molecule has 0 aliphatic carbocycles. The van der Waals surface area contributed by atoms with Crippen molar-refractivity contribution in [2.24, 2.45) is 0 Å². The number of esters is 1. The highest BCUT2D eigenvalue weighted by atomic mass is 16.6. The highest BCUT2D eigenvalue weighted by molar-refractivity contribution is 5.86. The summed E-state index contributed by atoms with van der Waals surface area (Å²) in [4.78, 5) is 27.2. The van der Waals surface area contributed by atoms with Crippen molar-refractivity contribution in [2.45, 2.75) is 44.9 Å². The fourth-order valence-electron chi connectivity index (χ4n) is 3.67. The van der Waals surface area contributed by atoms with Crippen molar-refractivity contribution in [1.82, 2.24) is 4.90 Å². The highest BCUT2D eigenvalue weighted by Crippen LogP contribution is 2.35. The summed E-state index contributed by atoms with van der Waals surface area (Å²) in [7, 11) is 1.60. The molecule has 1 fully saturated rings. The number of hydrogen-bond acceptors (Lipinski definition) is 5. The topological polar surface area (TPSA) is 65.1 Å². The average Bonchev–Trinajstić information content (AvgIpc) is 3.22. The van der Waals surface area contributed by atoms with E-state index in [4.69, 9.17) is 14.2 Å². The molecule has 2 aromatic rings. The van der Waals surface area contributed by atoms with Gasteiger partial charge in [0.2, 0.25) is 0 Å². The summed E-state index contributed by atoms with van der Waals surface area (Å²) in [6, 6.07) is 16.8. The minimum atomic E-state index is -0.972. The molecule has 0 N–H and O–H groups in total. The molecule has 1 amide bonds. The number of amides is 1. The number of methoxy groups -OCH3 is 1. The molecule has 154 valence electrons. The van der Waals surface area contributed by atoms with Gasteiger partial charge in [-0.05, 0) is 42.5 Å². The molecule has 0 spiro atoms. The number of likely N-dealkylation sites (tertiary alicyclic amines) is 1. The van der Waals surface area contributed by atoms with Gasteiger partial charge in [0.1, 0.15) is 24.5 Å². The van der Waals surface area contributed by atoms with Gasteiger partial charge in [-0.1, -0.05) is 49.4 Å². The van der Waals surface area contributed by atoms with Gasteiger partial charge in [-0.25, -0.2) is 9.59 Å². The van der Waals surface area contributed by atoms with Crippen LogP contribution in [0.5, 0.6) is 5.75 Å². The summed E-state index contributed by atoms with van der Waals surface area (Å²) >= 11 is 0. The molecule has 1 atom stereocenters. The van der Waals surface area contributed by atoms with Crippen LogP contribution in [-0.2, 0) is 27.5 Å². The van der Waals surface area contributed by atoms with Crippen LogP contribution in [0.15, 0.2) is 54.6 Å². The van der Waals surface area contributed by atoms with E-state index >= 15 is 0 Å². The summed E-state index contributed by atoms with van der Waals surface area (Å²) < 4.78 is 16.2. The van der Waals surface area contributed by atoms with E-state index in [2.05, 4.69) is 0 Å². The van der Waals surface area contributed by atoms with Crippen molar-refractivity contribution < 1.29 is 23.8 Å². The summed E-state index contributed by atoms with van der Waals surface area (Å²) in [5.74, 6) is 0.359. The van der Waals surface area contributed by atoms with Gasteiger partial charge < -0.3 is 14.2 Å². The van der Waals surface area contributed by atoms with Crippen molar-refractivity contribution in [2.75, 3.05) is 13.7 Å². The maximum absolute atomic E-state index is 13.0. The van der Waals surface area contributed by atoms with Gasteiger partial charge in [-0.2, -0.15) is 0 Å². The molecular weight excluding hydrogens is 370 g/mol. The number of carbonyl (C=O) groups is 2. The molecule has 3 rings (SSSR count). The third-order valence-electron chi connectivity index (χ3n) is 5.41. The van der Waals surface area contributed by atoms with Crippen molar-refractivity contribution in [3.63, 3.8) is 0 Å². The number of nitrogens with zero attached hydrogens (tertiary/aromatic N) is 1. The Labute approximate surface area is 171 Å². The maximum atomic E-state index is 13.0. The quantitative estimate of drug-likeness (QED) is 0.651. The maximum Gasteiger partial charge on any atom is 0.411 e. The van der Waals surface area contributed by atoms with Crippen LogP contribution in [0.3, 0.4) is 0 Å². The minimum Gasteiger partial charge on any atom is -0.497 e. The Balaban J connectivity index is 1.63. The molecule has 0 aromatic heterocycles. The molecule has 6 heteroatoms. The smallest absolute Gasteiger partial charge is 0.411 e. The molecule has 0 radical (unpaired) electrons. The minimum absolute atomic E-state index is 0.150. The molecule has 1 aliphatic rings. The summed E-state index contributed by atoms with van der Waals surface area (Å²) in [6.07, 6.45) is 1.32. The predicted octanol–water partition coefficient (Wildman–Crippen LogP) is 4.32. The molecule has 1 unspecified atom stereocenters. The van der Waals surface area contributed by atoms with Gasteiger partial charge in [0.15, 0.2) is 0 Å². The van der Waals surface area contributed by atoms with E-state index < -0.39 is 11.6 Å². The zero-order valence-electron chi connectivity index (χ0n) is 16.9. The average molecular weight is 397 g/mol. The van der Waals surface area contributed by atoms with Gasteiger partial charge in [-0.3, -0.25) is 4.90 Å². The second-order valence-corrected chi connectivity index (χ2v) is 7.10. The van der Waals surface area contributed by atoms with E-state index in [-0.39, 0.29) is 19.2 Å². The van der Waals surface area contributed by atoms with Crippen LogP contribution in [0.1, 0.15) is 37.3 Å². The molecule has 1 saturated heterocycles. The third kappa shape index (κ3) is 4.70. The molecule has 6 nitrogen and oxygen atoms in total. The Morgan fingerprint density at radius 2 is 1.62 bits per heavy atom. The first-order chi connectivity index (χ1) is 14.1. The van der Waals surface area contributed by atoms with Crippen LogP contribution in [0, 0.1) is 0 Å². The summed E-state index contributed by atoms with van der Waals surface area (Å²) in [6.45, 7) is 2.71. The predicted molar refractivity (Wildman–Crippen MR) is 108 cm³/mol. The fraction of sp³-hybridized carbons (Fsp3) is 0.391. The molecule has 2 aromatic carbocycles. The Bertz CT molecular complexity index is 821. The van der Waals surface area contributed by atoms with Gasteiger partial charge in [-0.15, -0.1) is 0 Å². The number of ether oxygens (including phenoxy) is 3. The summed E-state index contributed by atoms with van der Waals surface area (Å²) in [5, 5.41) is 0. The normalized spacial score (nSPS) is 18.3. The zero-order chi connectivity index (χ0) is 20.7. The SMILES string of the molecule is CCC1(C(=O)OCc2ccc(OC)cc2)CCCN1C(=O)OCc1ccccc1. The number of rotatable bonds is 7. The van der Waals surface area contributed by atoms with E-state index in [0.717, 1.165) is 23.3 Å². The molecule has 0 bridgehead atoms. The lowest BCUT2D eigenvalue weighted by atomic mass is 9.93. The lowest BCUT2D eigenvalue weighted by molar-refractivity contribution is -0.157. The second-order valence-electron chi connectivity index (χ2n) is 7.10. The number of carbonyl (C=O) groups excluding carboxylic acids is 2. The lowest BCUT2D eigenvalue weighted by Crippen LogP contribution is -2.53. The Morgan fingerprint density at radius 3 is 2.28 bits per heavy atom. The van der Waals surface area contributed by atoms with Crippen molar-refractivity contribution in [3.05, 3.63) is 65.7 Å². The van der Waals surface area contributed by atoms with Crippen LogP contribution < -0.4 is 4.74 Å². The Hall–Kier alpha value is -3.02. The molecule has 29 heavy (non-hydrogen) atoms. The van der Waals surface area contributed by atoms with Crippen LogP contribution in [-0.4, -0.2) is 36.2 Å². The largest absolute Gasteiger partial charge is 0.497 e. The van der Waals surface area contributed by atoms with Crippen molar-refractivity contribution in [3.8, 4) is 5.75 Å². The lowest BCUT2D eigenvalue weighted by Gasteiger charge is -2.34.